The molecule has 132 valence electrons. The maximum atomic E-state index is 12.3. The van der Waals surface area contributed by atoms with Gasteiger partial charge in [-0.05, 0) is 48.9 Å². The van der Waals surface area contributed by atoms with Crippen molar-refractivity contribution in [2.45, 2.75) is 25.9 Å². The highest BCUT2D eigenvalue weighted by Crippen LogP contribution is 2.20. The number of carbonyl (C=O) groups excluding carboxylic acids is 1. The molecule has 0 bridgehead atoms. The zero-order valence-corrected chi connectivity index (χ0v) is 15.9. The maximum Gasteiger partial charge on any atom is 0.281 e. The fourth-order valence-corrected chi connectivity index (χ4v) is 2.55. The van der Waals surface area contributed by atoms with Crippen LogP contribution >= 0.6 is 27.5 Å². The second kappa shape index (κ2) is 9.44. The molecule has 0 aliphatic heterocycles. The SMILES string of the molecule is CCCC(Oc1ccc(Cl)cc1)C(=O)N/N=C\c1cc(Br)ccc1O. The number of aromatic hydroxyl groups is 1. The molecular formula is C18H18BrClN2O3. The van der Waals surface area contributed by atoms with Gasteiger partial charge in [0.25, 0.3) is 5.91 Å². The third-order valence-electron chi connectivity index (χ3n) is 3.30. The summed E-state index contributed by atoms with van der Waals surface area (Å²) >= 11 is 9.16. The van der Waals surface area contributed by atoms with Crippen molar-refractivity contribution in [3.63, 3.8) is 0 Å². The van der Waals surface area contributed by atoms with Crippen molar-refractivity contribution in [2.75, 3.05) is 0 Å². The normalized spacial score (nSPS) is 12.1. The number of nitrogens with zero attached hydrogens (tertiary/aromatic N) is 1. The van der Waals surface area contributed by atoms with Crippen molar-refractivity contribution in [3.8, 4) is 11.5 Å². The van der Waals surface area contributed by atoms with Gasteiger partial charge >= 0.3 is 0 Å². The van der Waals surface area contributed by atoms with E-state index in [1.54, 1.807) is 36.4 Å². The zero-order chi connectivity index (χ0) is 18.2. The molecule has 2 rings (SSSR count). The number of amides is 1. The van der Waals surface area contributed by atoms with E-state index in [4.69, 9.17) is 16.3 Å². The van der Waals surface area contributed by atoms with Crippen LogP contribution in [-0.4, -0.2) is 23.3 Å². The molecular weight excluding hydrogens is 408 g/mol. The summed E-state index contributed by atoms with van der Waals surface area (Å²) in [5, 5.41) is 14.2. The van der Waals surface area contributed by atoms with Crippen LogP contribution in [0.5, 0.6) is 11.5 Å². The van der Waals surface area contributed by atoms with Crippen LogP contribution in [0.4, 0.5) is 0 Å². The minimum atomic E-state index is -0.667. The first-order chi connectivity index (χ1) is 12.0. The highest BCUT2D eigenvalue weighted by molar-refractivity contribution is 9.10. The monoisotopic (exact) mass is 424 g/mol. The number of hydrogen-bond donors (Lipinski definition) is 2. The molecule has 0 saturated carbocycles. The van der Waals surface area contributed by atoms with E-state index in [2.05, 4.69) is 26.5 Å². The van der Waals surface area contributed by atoms with Gasteiger partial charge in [0.15, 0.2) is 6.10 Å². The van der Waals surface area contributed by atoms with Crippen LogP contribution in [0, 0.1) is 0 Å². The molecule has 1 unspecified atom stereocenters. The zero-order valence-electron chi connectivity index (χ0n) is 13.6. The van der Waals surface area contributed by atoms with Crippen molar-refractivity contribution < 1.29 is 14.6 Å². The van der Waals surface area contributed by atoms with Gasteiger partial charge in [0.1, 0.15) is 11.5 Å². The minimum Gasteiger partial charge on any atom is -0.507 e. The molecule has 2 aromatic rings. The molecule has 7 heteroatoms. The average Bonchev–Trinajstić information content (AvgIpc) is 2.59. The Labute approximate surface area is 159 Å². The van der Waals surface area contributed by atoms with E-state index in [1.165, 1.54) is 12.3 Å². The predicted octanol–water partition coefficient (Wildman–Crippen LogP) is 4.51. The molecule has 2 N–H and O–H groups in total. The topological polar surface area (TPSA) is 70.9 Å². The molecule has 25 heavy (non-hydrogen) atoms. The van der Waals surface area contributed by atoms with Gasteiger partial charge in [0.05, 0.1) is 6.21 Å². The molecule has 0 saturated heterocycles. The molecule has 1 amide bonds. The summed E-state index contributed by atoms with van der Waals surface area (Å²) < 4.78 is 6.51. The molecule has 0 radical (unpaired) electrons. The number of hydrazone groups is 1. The first-order valence-corrected chi connectivity index (χ1v) is 8.90. The van der Waals surface area contributed by atoms with E-state index in [-0.39, 0.29) is 11.7 Å². The number of nitrogens with one attached hydrogen (secondary N) is 1. The van der Waals surface area contributed by atoms with Crippen molar-refractivity contribution in [3.05, 3.63) is 57.5 Å². The number of carbonyl (C=O) groups is 1. The van der Waals surface area contributed by atoms with Crippen LogP contribution in [0.2, 0.25) is 5.02 Å². The minimum absolute atomic E-state index is 0.0729. The Morgan fingerprint density at radius 2 is 2.08 bits per heavy atom. The molecule has 2 aromatic carbocycles. The van der Waals surface area contributed by atoms with Crippen molar-refractivity contribution in [1.29, 1.82) is 0 Å². The third kappa shape index (κ3) is 6.07. The Kier molecular flexibility index (Phi) is 7.28. The molecule has 0 heterocycles. The molecule has 0 spiro atoms. The van der Waals surface area contributed by atoms with Gasteiger partial charge in [-0.15, -0.1) is 0 Å². The smallest absolute Gasteiger partial charge is 0.281 e. The number of halogens is 2. The van der Waals surface area contributed by atoms with Crippen LogP contribution in [0.1, 0.15) is 25.3 Å². The quantitative estimate of drug-likeness (QED) is 0.506. The summed E-state index contributed by atoms with van der Waals surface area (Å²) in [6, 6.07) is 11.8. The van der Waals surface area contributed by atoms with Gasteiger partial charge in [-0.3, -0.25) is 4.79 Å². The molecule has 0 aliphatic rings. The van der Waals surface area contributed by atoms with E-state index in [0.717, 1.165) is 10.9 Å². The number of rotatable bonds is 7. The molecule has 5 nitrogen and oxygen atoms in total. The van der Waals surface area contributed by atoms with Gasteiger partial charge in [-0.2, -0.15) is 5.10 Å². The Morgan fingerprint density at radius 1 is 1.36 bits per heavy atom. The Bertz CT molecular complexity index is 750. The van der Waals surface area contributed by atoms with Crippen LogP contribution in [0.15, 0.2) is 52.0 Å². The van der Waals surface area contributed by atoms with E-state index < -0.39 is 6.10 Å². The Morgan fingerprint density at radius 3 is 2.76 bits per heavy atom. The van der Waals surface area contributed by atoms with Crippen molar-refractivity contribution >= 4 is 39.7 Å². The van der Waals surface area contributed by atoms with Gasteiger partial charge in [0.2, 0.25) is 0 Å². The number of hydrogen-bond acceptors (Lipinski definition) is 4. The van der Waals surface area contributed by atoms with E-state index in [9.17, 15) is 9.90 Å². The summed E-state index contributed by atoms with van der Waals surface area (Å²) in [4.78, 5) is 12.3. The van der Waals surface area contributed by atoms with E-state index >= 15 is 0 Å². The number of benzene rings is 2. The second-order valence-corrected chi connectivity index (χ2v) is 6.64. The van der Waals surface area contributed by atoms with Gasteiger partial charge < -0.3 is 9.84 Å². The Balaban J connectivity index is 2.00. The summed E-state index contributed by atoms with van der Waals surface area (Å²) in [7, 11) is 0. The highest BCUT2D eigenvalue weighted by atomic mass is 79.9. The van der Waals surface area contributed by atoms with Crippen molar-refractivity contribution in [2.24, 2.45) is 5.10 Å². The number of ether oxygens (including phenoxy) is 1. The summed E-state index contributed by atoms with van der Waals surface area (Å²) in [5.41, 5.74) is 2.93. The first-order valence-electron chi connectivity index (χ1n) is 7.73. The second-order valence-electron chi connectivity index (χ2n) is 5.29. The van der Waals surface area contributed by atoms with Gasteiger partial charge in [-0.1, -0.05) is 40.9 Å². The lowest BCUT2D eigenvalue weighted by Crippen LogP contribution is -2.35. The fourth-order valence-electron chi connectivity index (χ4n) is 2.05. The maximum absolute atomic E-state index is 12.3. The highest BCUT2D eigenvalue weighted by Gasteiger charge is 2.19. The summed E-state index contributed by atoms with van der Waals surface area (Å²) in [6.07, 6.45) is 2.04. The van der Waals surface area contributed by atoms with Gasteiger partial charge in [-0.25, -0.2) is 5.43 Å². The molecule has 0 fully saturated rings. The summed E-state index contributed by atoms with van der Waals surface area (Å²) in [5.74, 6) is 0.276. The molecule has 0 aliphatic carbocycles. The van der Waals surface area contributed by atoms with Gasteiger partial charge in [0, 0.05) is 15.1 Å². The standard InChI is InChI=1S/C18H18BrClN2O3/c1-2-3-17(25-15-7-5-14(20)6-8-15)18(24)22-21-11-12-10-13(19)4-9-16(12)23/h4-11,17,23H,2-3H2,1H3,(H,22,24)/b21-11-. The van der Waals surface area contributed by atoms with Crippen LogP contribution in [0.3, 0.4) is 0 Å². The lowest BCUT2D eigenvalue weighted by Gasteiger charge is -2.16. The van der Waals surface area contributed by atoms with E-state index in [1.807, 2.05) is 6.92 Å². The fraction of sp³-hybridized carbons (Fsp3) is 0.222. The number of phenolic OH excluding ortho intramolecular Hbond substituents is 1. The first kappa shape index (κ1) is 19.3. The average molecular weight is 426 g/mol. The predicted molar refractivity (Wildman–Crippen MR) is 102 cm³/mol. The molecule has 0 aromatic heterocycles. The Hall–Kier alpha value is -2.05. The third-order valence-corrected chi connectivity index (χ3v) is 4.05. The molecule has 1 atom stereocenters. The lowest BCUT2D eigenvalue weighted by molar-refractivity contribution is -0.128. The lowest BCUT2D eigenvalue weighted by atomic mass is 10.2. The van der Waals surface area contributed by atoms with Crippen LogP contribution in [0.25, 0.3) is 0 Å². The summed E-state index contributed by atoms with van der Waals surface area (Å²) in [6.45, 7) is 1.97. The number of phenols is 1. The van der Waals surface area contributed by atoms with Crippen LogP contribution in [-0.2, 0) is 4.79 Å². The van der Waals surface area contributed by atoms with E-state index in [0.29, 0.717) is 22.8 Å². The largest absolute Gasteiger partial charge is 0.507 e. The van der Waals surface area contributed by atoms with Crippen LogP contribution < -0.4 is 10.2 Å². The van der Waals surface area contributed by atoms with Crippen molar-refractivity contribution in [1.82, 2.24) is 5.43 Å².